The molecule has 0 aliphatic heterocycles. The van der Waals surface area contributed by atoms with Gasteiger partial charge in [0.25, 0.3) is 0 Å². The SMILES string of the molecule is CCCOc1nc(NN)nc(Nc2cccc(C)c2Br)n1. The summed E-state index contributed by atoms with van der Waals surface area (Å²) in [7, 11) is 0. The van der Waals surface area contributed by atoms with Gasteiger partial charge in [-0.2, -0.15) is 15.0 Å². The summed E-state index contributed by atoms with van der Waals surface area (Å²) < 4.78 is 6.37. The third kappa shape index (κ3) is 4.02. The maximum Gasteiger partial charge on any atom is 0.323 e. The highest BCUT2D eigenvalue weighted by Crippen LogP contribution is 2.28. The summed E-state index contributed by atoms with van der Waals surface area (Å²) in [5, 5.41) is 3.12. The summed E-state index contributed by atoms with van der Waals surface area (Å²) in [6.07, 6.45) is 0.864. The van der Waals surface area contributed by atoms with Gasteiger partial charge in [-0.3, -0.25) is 5.43 Å². The normalized spacial score (nSPS) is 10.3. The largest absolute Gasteiger partial charge is 0.463 e. The topological polar surface area (TPSA) is 98.0 Å². The van der Waals surface area contributed by atoms with Crippen molar-refractivity contribution in [3.05, 3.63) is 28.2 Å². The molecule has 0 saturated heterocycles. The first kappa shape index (κ1) is 15.5. The zero-order valence-electron chi connectivity index (χ0n) is 11.9. The maximum atomic E-state index is 5.42. The minimum Gasteiger partial charge on any atom is -0.463 e. The van der Waals surface area contributed by atoms with Gasteiger partial charge in [0.15, 0.2) is 0 Å². The number of nitrogen functional groups attached to an aromatic ring is 1. The quantitative estimate of drug-likeness (QED) is 0.543. The van der Waals surface area contributed by atoms with Crippen LogP contribution < -0.4 is 21.3 Å². The molecule has 0 atom stereocenters. The van der Waals surface area contributed by atoms with Gasteiger partial charge in [-0.05, 0) is 40.9 Å². The molecular formula is C13H17BrN6O. The molecule has 0 radical (unpaired) electrons. The molecule has 21 heavy (non-hydrogen) atoms. The number of aromatic nitrogens is 3. The number of rotatable bonds is 6. The van der Waals surface area contributed by atoms with Crippen LogP contribution >= 0.6 is 15.9 Å². The molecule has 2 rings (SSSR count). The van der Waals surface area contributed by atoms with E-state index in [0.717, 1.165) is 22.1 Å². The Morgan fingerprint density at radius 2 is 2.00 bits per heavy atom. The predicted octanol–water partition coefficient (Wildman–Crippen LogP) is 2.76. The zero-order valence-corrected chi connectivity index (χ0v) is 13.4. The van der Waals surface area contributed by atoms with E-state index in [4.69, 9.17) is 10.6 Å². The van der Waals surface area contributed by atoms with Crippen LogP contribution in [0.2, 0.25) is 0 Å². The molecule has 8 heteroatoms. The molecule has 4 N–H and O–H groups in total. The van der Waals surface area contributed by atoms with E-state index in [0.29, 0.717) is 12.6 Å². The van der Waals surface area contributed by atoms with E-state index in [1.54, 1.807) is 0 Å². The minimum atomic E-state index is 0.228. The maximum absolute atomic E-state index is 5.42. The molecule has 0 fully saturated rings. The summed E-state index contributed by atoms with van der Waals surface area (Å²) in [5.41, 5.74) is 4.36. The molecule has 0 aliphatic carbocycles. The van der Waals surface area contributed by atoms with Crippen molar-refractivity contribution in [3.63, 3.8) is 0 Å². The van der Waals surface area contributed by atoms with Crippen LogP contribution in [-0.4, -0.2) is 21.6 Å². The fraction of sp³-hybridized carbons (Fsp3) is 0.308. The van der Waals surface area contributed by atoms with Crippen LogP contribution in [-0.2, 0) is 0 Å². The van der Waals surface area contributed by atoms with Gasteiger partial charge in [-0.1, -0.05) is 19.1 Å². The smallest absolute Gasteiger partial charge is 0.323 e. The summed E-state index contributed by atoms with van der Waals surface area (Å²) in [6.45, 7) is 4.54. The number of aryl methyl sites for hydroxylation is 1. The number of ether oxygens (including phenoxy) is 1. The van der Waals surface area contributed by atoms with Crippen molar-refractivity contribution in [2.45, 2.75) is 20.3 Å². The molecule has 0 saturated carbocycles. The van der Waals surface area contributed by atoms with E-state index in [2.05, 4.69) is 41.6 Å². The summed E-state index contributed by atoms with van der Waals surface area (Å²) in [4.78, 5) is 12.4. The second-order valence-electron chi connectivity index (χ2n) is 4.32. The van der Waals surface area contributed by atoms with Gasteiger partial charge >= 0.3 is 6.01 Å². The summed E-state index contributed by atoms with van der Waals surface area (Å²) >= 11 is 3.53. The fourth-order valence-corrected chi connectivity index (χ4v) is 1.96. The lowest BCUT2D eigenvalue weighted by molar-refractivity contribution is 0.292. The van der Waals surface area contributed by atoms with Gasteiger partial charge in [-0.15, -0.1) is 0 Å². The Morgan fingerprint density at radius 1 is 1.24 bits per heavy atom. The van der Waals surface area contributed by atoms with Crippen LogP contribution in [0.3, 0.4) is 0 Å². The van der Waals surface area contributed by atoms with Gasteiger partial charge in [0.05, 0.1) is 12.3 Å². The van der Waals surface area contributed by atoms with Crippen molar-refractivity contribution in [2.24, 2.45) is 5.84 Å². The molecule has 112 valence electrons. The van der Waals surface area contributed by atoms with E-state index in [1.165, 1.54) is 0 Å². The molecule has 1 heterocycles. The third-order valence-corrected chi connectivity index (χ3v) is 3.67. The average molecular weight is 353 g/mol. The second-order valence-corrected chi connectivity index (χ2v) is 5.11. The van der Waals surface area contributed by atoms with Crippen molar-refractivity contribution >= 4 is 33.5 Å². The van der Waals surface area contributed by atoms with Crippen molar-refractivity contribution in [1.29, 1.82) is 0 Å². The van der Waals surface area contributed by atoms with Crippen LogP contribution in [0.1, 0.15) is 18.9 Å². The van der Waals surface area contributed by atoms with Crippen molar-refractivity contribution < 1.29 is 4.74 Å². The molecule has 0 unspecified atom stereocenters. The van der Waals surface area contributed by atoms with Crippen molar-refractivity contribution in [1.82, 2.24) is 15.0 Å². The standard InChI is InChI=1S/C13H17BrN6O/c1-3-7-21-13-18-11(17-12(19-13)20-15)16-9-6-4-5-8(2)10(9)14/h4-6H,3,7,15H2,1-2H3,(H2,16,17,18,19,20). The van der Waals surface area contributed by atoms with Crippen LogP contribution in [0.4, 0.5) is 17.6 Å². The Labute approximate surface area is 131 Å². The lowest BCUT2D eigenvalue weighted by atomic mass is 10.2. The molecule has 1 aromatic heterocycles. The average Bonchev–Trinajstić information content (AvgIpc) is 2.49. The van der Waals surface area contributed by atoms with Crippen molar-refractivity contribution in [2.75, 3.05) is 17.3 Å². The highest BCUT2D eigenvalue weighted by molar-refractivity contribution is 9.10. The lowest BCUT2D eigenvalue weighted by Gasteiger charge is -2.11. The first-order valence-corrected chi connectivity index (χ1v) is 7.31. The Bertz CT molecular complexity index is 622. The number of nitrogens with zero attached hydrogens (tertiary/aromatic N) is 3. The Kier molecular flexibility index (Phi) is 5.29. The van der Waals surface area contributed by atoms with Crippen LogP contribution in [0.5, 0.6) is 6.01 Å². The van der Waals surface area contributed by atoms with Crippen LogP contribution in [0.25, 0.3) is 0 Å². The van der Waals surface area contributed by atoms with Gasteiger partial charge in [0.1, 0.15) is 0 Å². The number of hydrazine groups is 1. The Balaban J connectivity index is 2.28. The molecule has 0 bridgehead atoms. The molecule has 0 aliphatic rings. The first-order chi connectivity index (χ1) is 10.1. The van der Waals surface area contributed by atoms with E-state index in [9.17, 15) is 0 Å². The predicted molar refractivity (Wildman–Crippen MR) is 85.6 cm³/mol. The van der Waals surface area contributed by atoms with Crippen LogP contribution in [0, 0.1) is 6.92 Å². The van der Waals surface area contributed by atoms with E-state index < -0.39 is 0 Å². The number of hydrogen-bond acceptors (Lipinski definition) is 7. The highest BCUT2D eigenvalue weighted by atomic mass is 79.9. The van der Waals surface area contributed by atoms with E-state index in [1.807, 2.05) is 32.0 Å². The van der Waals surface area contributed by atoms with E-state index in [-0.39, 0.29) is 12.0 Å². The van der Waals surface area contributed by atoms with Crippen molar-refractivity contribution in [3.8, 4) is 6.01 Å². The monoisotopic (exact) mass is 352 g/mol. The van der Waals surface area contributed by atoms with Gasteiger partial charge in [0.2, 0.25) is 11.9 Å². The number of benzene rings is 1. The van der Waals surface area contributed by atoms with E-state index >= 15 is 0 Å². The molecule has 0 amide bonds. The van der Waals surface area contributed by atoms with Gasteiger partial charge in [-0.25, -0.2) is 5.84 Å². The van der Waals surface area contributed by atoms with Gasteiger partial charge < -0.3 is 10.1 Å². The highest BCUT2D eigenvalue weighted by Gasteiger charge is 2.09. The summed E-state index contributed by atoms with van der Waals surface area (Å²) in [5.74, 6) is 5.96. The minimum absolute atomic E-state index is 0.228. The third-order valence-electron chi connectivity index (χ3n) is 2.62. The zero-order chi connectivity index (χ0) is 15.2. The molecule has 2 aromatic rings. The molecule has 0 spiro atoms. The van der Waals surface area contributed by atoms with Crippen LogP contribution in [0.15, 0.2) is 22.7 Å². The lowest BCUT2D eigenvalue weighted by Crippen LogP contribution is -2.14. The summed E-state index contributed by atoms with van der Waals surface area (Å²) in [6, 6.07) is 6.10. The number of nitrogens with one attached hydrogen (secondary N) is 2. The first-order valence-electron chi connectivity index (χ1n) is 6.51. The molecule has 1 aromatic carbocycles. The fourth-order valence-electron chi connectivity index (χ4n) is 1.60. The number of anilines is 3. The second kappa shape index (κ2) is 7.19. The van der Waals surface area contributed by atoms with Gasteiger partial charge in [0, 0.05) is 4.47 Å². The number of halogens is 1. The number of nitrogens with two attached hydrogens (primary N) is 1. The molecule has 7 nitrogen and oxygen atoms in total. The molecular weight excluding hydrogens is 336 g/mol. The Morgan fingerprint density at radius 3 is 2.71 bits per heavy atom. The Hall–Kier alpha value is -1.93. The number of hydrogen-bond donors (Lipinski definition) is 3.